The summed E-state index contributed by atoms with van der Waals surface area (Å²) in [4.78, 5) is 43.9. The average Bonchev–Trinajstić information content (AvgIpc) is 3.34. The summed E-state index contributed by atoms with van der Waals surface area (Å²) in [6.07, 6.45) is 15.0. The van der Waals surface area contributed by atoms with E-state index in [0.29, 0.717) is 5.69 Å². The van der Waals surface area contributed by atoms with Gasteiger partial charge in [-0.05, 0) is 56.9 Å². The Morgan fingerprint density at radius 3 is 2.24 bits per heavy atom. The molecule has 2 saturated carbocycles. The Kier molecular flexibility index (Phi) is 6.57. The molecule has 1 spiro atoms. The normalized spacial score (nSPS) is 35.3. The van der Waals surface area contributed by atoms with Gasteiger partial charge in [0.15, 0.2) is 0 Å². The summed E-state index contributed by atoms with van der Waals surface area (Å²) in [6.45, 7) is 1.82. The number of hydrogen-bond donors (Lipinski definition) is 2. The van der Waals surface area contributed by atoms with Crippen LogP contribution >= 0.6 is 0 Å². The van der Waals surface area contributed by atoms with Crippen LogP contribution in [-0.2, 0) is 19.1 Å². The Labute approximate surface area is 223 Å². The van der Waals surface area contributed by atoms with Crippen molar-refractivity contribution in [1.82, 2.24) is 10.2 Å². The van der Waals surface area contributed by atoms with Gasteiger partial charge in [0, 0.05) is 17.8 Å². The fraction of sp³-hybridized carbons (Fsp3) is 0.633. The van der Waals surface area contributed by atoms with Gasteiger partial charge in [-0.2, -0.15) is 0 Å². The van der Waals surface area contributed by atoms with Crippen molar-refractivity contribution < 1.29 is 23.5 Å². The quantitative estimate of drug-likeness (QED) is 0.440. The maximum absolute atomic E-state index is 14.3. The second-order valence-electron chi connectivity index (χ2n) is 12.1. The predicted molar refractivity (Wildman–Crippen MR) is 141 cm³/mol. The van der Waals surface area contributed by atoms with Gasteiger partial charge in [0.2, 0.25) is 17.7 Å². The van der Waals surface area contributed by atoms with Gasteiger partial charge in [-0.3, -0.25) is 14.4 Å². The van der Waals surface area contributed by atoms with Crippen LogP contribution in [0.3, 0.4) is 0 Å². The maximum atomic E-state index is 14.3. The number of fused-ring (bicyclic) bond motifs is 1. The standard InChI is InChI=1S/C30H38FN3O4/c1-29-17-18-30(38-29)24(23(29)26(35)32-21-15-13-19(31)14-16-21)28(37)34(22-11-7-2-3-8-12-22)25(30)27(36)33-20-9-5-4-6-10-20/h13-18,20,22-25H,2-12H2,1H3,(H,32,35)(H,33,36)/t23-,24+,25+,29+,30+/m1/s1. The van der Waals surface area contributed by atoms with Gasteiger partial charge in [-0.1, -0.05) is 57.1 Å². The number of ether oxygens (including phenoxy) is 1. The zero-order valence-corrected chi connectivity index (χ0v) is 22.1. The van der Waals surface area contributed by atoms with E-state index in [-0.39, 0.29) is 29.8 Å². The molecule has 5 atom stereocenters. The van der Waals surface area contributed by atoms with Gasteiger partial charge in [0.05, 0.1) is 17.4 Å². The number of halogens is 1. The largest absolute Gasteiger partial charge is 0.356 e. The highest BCUT2D eigenvalue weighted by atomic mass is 19.1. The Morgan fingerprint density at radius 2 is 1.55 bits per heavy atom. The van der Waals surface area contributed by atoms with Crippen molar-refractivity contribution in [3.63, 3.8) is 0 Å². The average molecular weight is 524 g/mol. The van der Waals surface area contributed by atoms with Gasteiger partial charge in [0.1, 0.15) is 17.5 Å². The van der Waals surface area contributed by atoms with Crippen molar-refractivity contribution >= 4 is 23.4 Å². The van der Waals surface area contributed by atoms with Gasteiger partial charge < -0.3 is 20.3 Å². The number of rotatable bonds is 5. The number of amides is 3. The van der Waals surface area contributed by atoms with E-state index < -0.39 is 34.9 Å². The molecule has 4 fully saturated rings. The van der Waals surface area contributed by atoms with E-state index in [9.17, 15) is 18.8 Å². The highest BCUT2D eigenvalue weighted by molar-refractivity contribution is 6.03. The monoisotopic (exact) mass is 523 g/mol. The molecule has 5 aliphatic rings. The fourth-order valence-electron chi connectivity index (χ4n) is 7.78. The summed E-state index contributed by atoms with van der Waals surface area (Å²) in [5.74, 6) is -2.65. The minimum absolute atomic E-state index is 0.0447. The van der Waals surface area contributed by atoms with Crippen LogP contribution in [0.1, 0.15) is 77.6 Å². The number of nitrogens with one attached hydrogen (secondary N) is 2. The van der Waals surface area contributed by atoms with Crippen LogP contribution in [0, 0.1) is 17.7 Å². The molecule has 0 radical (unpaired) electrons. The molecular weight excluding hydrogens is 485 g/mol. The number of carbonyl (C=O) groups excluding carboxylic acids is 3. The van der Waals surface area contributed by atoms with Crippen molar-refractivity contribution in [2.75, 3.05) is 5.32 Å². The second-order valence-corrected chi connectivity index (χ2v) is 12.1. The Morgan fingerprint density at radius 1 is 0.921 bits per heavy atom. The van der Waals surface area contributed by atoms with Crippen LogP contribution in [0.15, 0.2) is 36.4 Å². The Balaban J connectivity index is 1.35. The topological polar surface area (TPSA) is 87.7 Å². The van der Waals surface area contributed by atoms with E-state index in [2.05, 4.69) is 10.6 Å². The van der Waals surface area contributed by atoms with Gasteiger partial charge >= 0.3 is 0 Å². The zero-order chi connectivity index (χ0) is 26.5. The number of hydrogen-bond acceptors (Lipinski definition) is 4. The molecule has 204 valence electrons. The summed E-state index contributed by atoms with van der Waals surface area (Å²) in [6, 6.07) is 4.84. The van der Waals surface area contributed by atoms with E-state index in [4.69, 9.17) is 4.74 Å². The summed E-state index contributed by atoms with van der Waals surface area (Å²) < 4.78 is 20.1. The number of nitrogens with zero attached hydrogens (tertiary/aromatic N) is 1. The third kappa shape index (κ3) is 4.16. The van der Waals surface area contributed by atoms with Crippen LogP contribution in [0.25, 0.3) is 0 Å². The number of benzene rings is 1. The number of anilines is 1. The van der Waals surface area contributed by atoms with Gasteiger partial charge in [-0.15, -0.1) is 0 Å². The van der Waals surface area contributed by atoms with Crippen molar-refractivity contribution in [1.29, 1.82) is 0 Å². The minimum Gasteiger partial charge on any atom is -0.356 e. The highest BCUT2D eigenvalue weighted by Gasteiger charge is 2.76. The van der Waals surface area contributed by atoms with E-state index in [1.54, 1.807) is 0 Å². The number of likely N-dealkylation sites (tertiary alicyclic amines) is 1. The molecule has 7 nitrogen and oxygen atoms in total. The van der Waals surface area contributed by atoms with Gasteiger partial charge in [0.25, 0.3) is 0 Å². The molecule has 0 unspecified atom stereocenters. The lowest BCUT2D eigenvalue weighted by Gasteiger charge is -2.38. The van der Waals surface area contributed by atoms with Crippen molar-refractivity contribution in [3.05, 3.63) is 42.2 Å². The molecule has 2 aliphatic carbocycles. The predicted octanol–water partition coefficient (Wildman–Crippen LogP) is 4.48. The minimum atomic E-state index is -1.18. The van der Waals surface area contributed by atoms with E-state index in [0.717, 1.165) is 64.2 Å². The lowest BCUT2D eigenvalue weighted by atomic mass is 9.70. The van der Waals surface area contributed by atoms with Gasteiger partial charge in [-0.25, -0.2) is 4.39 Å². The molecule has 2 saturated heterocycles. The lowest BCUT2D eigenvalue weighted by Crippen LogP contribution is -2.58. The third-order valence-electron chi connectivity index (χ3n) is 9.55. The fourth-order valence-corrected chi connectivity index (χ4v) is 7.78. The highest BCUT2D eigenvalue weighted by Crippen LogP contribution is 2.60. The molecule has 3 heterocycles. The second kappa shape index (κ2) is 9.78. The first-order valence-electron chi connectivity index (χ1n) is 14.4. The Bertz CT molecular complexity index is 1120. The van der Waals surface area contributed by atoms with E-state index in [1.165, 1.54) is 30.7 Å². The molecule has 2 bridgehead atoms. The molecule has 8 heteroatoms. The molecule has 1 aromatic rings. The molecule has 3 aliphatic heterocycles. The van der Waals surface area contributed by atoms with Crippen molar-refractivity contribution in [3.8, 4) is 0 Å². The SMILES string of the molecule is C[C@@]12C=C[C@]3(O1)[C@H](C(=O)N(C1CCCCCC1)[C@H]3C(=O)NC1CCCCC1)[C@@H]2C(=O)Nc1ccc(F)cc1. The first kappa shape index (κ1) is 25.5. The van der Waals surface area contributed by atoms with Crippen molar-refractivity contribution in [2.45, 2.75) is 107 Å². The lowest BCUT2D eigenvalue weighted by molar-refractivity contribution is -0.147. The first-order chi connectivity index (χ1) is 18.3. The third-order valence-corrected chi connectivity index (χ3v) is 9.55. The van der Waals surface area contributed by atoms with Crippen LogP contribution in [0.4, 0.5) is 10.1 Å². The van der Waals surface area contributed by atoms with Crippen LogP contribution in [0.5, 0.6) is 0 Å². The van der Waals surface area contributed by atoms with E-state index in [1.807, 2.05) is 24.0 Å². The molecule has 6 rings (SSSR count). The first-order valence-corrected chi connectivity index (χ1v) is 14.4. The number of carbonyl (C=O) groups is 3. The molecule has 1 aromatic carbocycles. The molecular formula is C30H38FN3O4. The molecule has 3 amide bonds. The van der Waals surface area contributed by atoms with Crippen molar-refractivity contribution in [2.24, 2.45) is 11.8 Å². The summed E-state index contributed by atoms with van der Waals surface area (Å²) >= 11 is 0. The van der Waals surface area contributed by atoms with E-state index >= 15 is 0 Å². The summed E-state index contributed by atoms with van der Waals surface area (Å²) in [5.41, 5.74) is -1.73. The molecule has 38 heavy (non-hydrogen) atoms. The molecule has 2 N–H and O–H groups in total. The van der Waals surface area contributed by atoms with Crippen LogP contribution < -0.4 is 10.6 Å². The van der Waals surface area contributed by atoms with Crippen LogP contribution in [-0.4, -0.2) is 51.9 Å². The smallest absolute Gasteiger partial charge is 0.246 e. The zero-order valence-electron chi connectivity index (χ0n) is 22.1. The summed E-state index contributed by atoms with van der Waals surface area (Å²) in [7, 11) is 0. The summed E-state index contributed by atoms with van der Waals surface area (Å²) in [5, 5.41) is 6.15. The maximum Gasteiger partial charge on any atom is 0.246 e. The van der Waals surface area contributed by atoms with Crippen LogP contribution in [0.2, 0.25) is 0 Å². The molecule has 0 aromatic heterocycles. The Hall–Kier alpha value is -2.74.